The van der Waals surface area contributed by atoms with Gasteiger partial charge >= 0.3 is 0 Å². The SMILES string of the molecule is CCC1CCC(NC(=O)CC2CCCCO2)(C(N)=S)CC1. The number of hydrogen-bond donors (Lipinski definition) is 2. The van der Waals surface area contributed by atoms with E-state index in [-0.39, 0.29) is 12.0 Å². The second-order valence-corrected chi connectivity index (χ2v) is 6.98. The maximum absolute atomic E-state index is 12.3. The van der Waals surface area contributed by atoms with Crippen molar-refractivity contribution in [1.82, 2.24) is 5.32 Å². The highest BCUT2D eigenvalue weighted by Gasteiger charge is 2.39. The molecule has 0 radical (unpaired) electrons. The quantitative estimate of drug-likeness (QED) is 0.766. The van der Waals surface area contributed by atoms with Crippen molar-refractivity contribution in [2.45, 2.75) is 76.4 Å². The van der Waals surface area contributed by atoms with Crippen molar-refractivity contribution in [3.63, 3.8) is 0 Å². The van der Waals surface area contributed by atoms with Crippen LogP contribution in [0.4, 0.5) is 0 Å². The summed E-state index contributed by atoms with van der Waals surface area (Å²) in [7, 11) is 0. The molecular formula is C16H28N2O2S. The van der Waals surface area contributed by atoms with Crippen molar-refractivity contribution < 1.29 is 9.53 Å². The van der Waals surface area contributed by atoms with E-state index in [0.29, 0.717) is 11.4 Å². The molecule has 1 saturated carbocycles. The predicted molar refractivity (Wildman–Crippen MR) is 88.1 cm³/mol. The van der Waals surface area contributed by atoms with E-state index >= 15 is 0 Å². The minimum absolute atomic E-state index is 0.0321. The average molecular weight is 312 g/mol. The van der Waals surface area contributed by atoms with Gasteiger partial charge in [-0.1, -0.05) is 25.6 Å². The number of nitrogens with one attached hydrogen (secondary N) is 1. The Morgan fingerprint density at radius 1 is 1.33 bits per heavy atom. The molecule has 1 saturated heterocycles. The van der Waals surface area contributed by atoms with Gasteiger partial charge in [0, 0.05) is 6.61 Å². The van der Waals surface area contributed by atoms with Crippen molar-refractivity contribution in [2.75, 3.05) is 6.61 Å². The van der Waals surface area contributed by atoms with Crippen LogP contribution >= 0.6 is 12.2 Å². The molecule has 0 aromatic carbocycles. The van der Waals surface area contributed by atoms with E-state index in [1.165, 1.54) is 6.42 Å². The minimum atomic E-state index is -0.466. The Morgan fingerprint density at radius 3 is 2.57 bits per heavy atom. The second kappa shape index (κ2) is 7.54. The predicted octanol–water partition coefficient (Wildman–Crippen LogP) is 2.69. The summed E-state index contributed by atoms with van der Waals surface area (Å²) in [5, 5.41) is 3.14. The molecule has 120 valence electrons. The maximum atomic E-state index is 12.3. The third-order valence-electron chi connectivity index (χ3n) is 5.07. The standard InChI is InChI=1S/C16H28N2O2S/c1-2-12-6-8-16(9-7-12,15(17)21)18-14(19)11-13-5-3-4-10-20-13/h12-13H,2-11H2,1H3,(H2,17,21)(H,18,19). The van der Waals surface area contributed by atoms with Gasteiger partial charge in [0.15, 0.2) is 0 Å². The molecule has 2 aliphatic rings. The van der Waals surface area contributed by atoms with Crippen LogP contribution in [0.25, 0.3) is 0 Å². The first kappa shape index (κ1) is 16.7. The van der Waals surface area contributed by atoms with Gasteiger partial charge in [-0.05, 0) is 50.9 Å². The van der Waals surface area contributed by atoms with Crippen molar-refractivity contribution in [3.8, 4) is 0 Å². The van der Waals surface area contributed by atoms with Crippen molar-refractivity contribution >= 4 is 23.1 Å². The number of hydrogen-bond acceptors (Lipinski definition) is 3. The molecule has 1 aliphatic heterocycles. The zero-order valence-electron chi connectivity index (χ0n) is 13.0. The van der Waals surface area contributed by atoms with Crippen LogP contribution in [0, 0.1) is 5.92 Å². The smallest absolute Gasteiger partial charge is 0.223 e. The van der Waals surface area contributed by atoms with Gasteiger partial charge in [0.2, 0.25) is 5.91 Å². The summed E-state index contributed by atoms with van der Waals surface area (Å²) in [6, 6.07) is 0. The molecule has 1 aliphatic carbocycles. The number of carbonyl (C=O) groups is 1. The van der Waals surface area contributed by atoms with Gasteiger partial charge in [-0.15, -0.1) is 0 Å². The lowest BCUT2D eigenvalue weighted by Gasteiger charge is -2.40. The number of amides is 1. The molecular weight excluding hydrogens is 284 g/mol. The normalized spacial score (nSPS) is 33.4. The summed E-state index contributed by atoms with van der Waals surface area (Å²) in [5.74, 6) is 0.774. The monoisotopic (exact) mass is 312 g/mol. The molecule has 1 heterocycles. The van der Waals surface area contributed by atoms with E-state index in [1.54, 1.807) is 0 Å². The third kappa shape index (κ3) is 4.39. The fourth-order valence-electron chi connectivity index (χ4n) is 3.50. The molecule has 1 atom stereocenters. The van der Waals surface area contributed by atoms with Gasteiger partial charge in [-0.2, -0.15) is 0 Å². The molecule has 21 heavy (non-hydrogen) atoms. The van der Waals surface area contributed by atoms with E-state index in [2.05, 4.69) is 12.2 Å². The summed E-state index contributed by atoms with van der Waals surface area (Å²) < 4.78 is 5.64. The first-order valence-electron chi connectivity index (χ1n) is 8.28. The van der Waals surface area contributed by atoms with Gasteiger partial charge in [-0.25, -0.2) is 0 Å². The van der Waals surface area contributed by atoms with Gasteiger partial charge in [0.1, 0.15) is 0 Å². The van der Waals surface area contributed by atoms with Crippen LogP contribution in [0.15, 0.2) is 0 Å². The topological polar surface area (TPSA) is 64.3 Å². The summed E-state index contributed by atoms with van der Waals surface area (Å²) in [6.45, 7) is 2.99. The van der Waals surface area contributed by atoms with Crippen LogP contribution in [-0.4, -0.2) is 29.1 Å². The van der Waals surface area contributed by atoms with Crippen molar-refractivity contribution in [3.05, 3.63) is 0 Å². The van der Waals surface area contributed by atoms with Crippen LogP contribution < -0.4 is 11.1 Å². The van der Waals surface area contributed by atoms with E-state index in [9.17, 15) is 4.79 Å². The van der Waals surface area contributed by atoms with E-state index in [0.717, 1.165) is 57.5 Å². The first-order valence-corrected chi connectivity index (χ1v) is 8.69. The second-order valence-electron chi connectivity index (χ2n) is 6.54. The molecule has 0 bridgehead atoms. The van der Waals surface area contributed by atoms with Gasteiger partial charge in [0.25, 0.3) is 0 Å². The summed E-state index contributed by atoms with van der Waals surface area (Å²) in [4.78, 5) is 12.8. The Kier molecular flexibility index (Phi) is 5.99. The van der Waals surface area contributed by atoms with E-state index in [1.807, 2.05) is 0 Å². The van der Waals surface area contributed by atoms with Gasteiger partial charge in [0.05, 0.1) is 23.1 Å². The zero-order chi connectivity index (χ0) is 15.3. The van der Waals surface area contributed by atoms with E-state index in [4.69, 9.17) is 22.7 Å². The molecule has 0 aromatic heterocycles. The Labute approximate surface area is 133 Å². The number of carbonyl (C=O) groups excluding carboxylic acids is 1. The molecule has 0 aromatic rings. The van der Waals surface area contributed by atoms with Crippen LogP contribution in [0.5, 0.6) is 0 Å². The Hall–Kier alpha value is -0.680. The number of thiocarbonyl (C=S) groups is 1. The van der Waals surface area contributed by atoms with Crippen LogP contribution in [0.3, 0.4) is 0 Å². The number of ether oxygens (including phenoxy) is 1. The van der Waals surface area contributed by atoms with E-state index < -0.39 is 5.54 Å². The minimum Gasteiger partial charge on any atom is -0.391 e. The number of nitrogens with two attached hydrogens (primary N) is 1. The van der Waals surface area contributed by atoms with Crippen LogP contribution in [-0.2, 0) is 9.53 Å². The Morgan fingerprint density at radius 2 is 2.05 bits per heavy atom. The highest BCUT2D eigenvalue weighted by Crippen LogP contribution is 2.34. The number of rotatable bonds is 5. The molecule has 1 unspecified atom stereocenters. The first-order chi connectivity index (χ1) is 10.1. The highest BCUT2D eigenvalue weighted by atomic mass is 32.1. The Balaban J connectivity index is 1.90. The molecule has 5 heteroatoms. The third-order valence-corrected chi connectivity index (χ3v) is 5.46. The Bertz CT molecular complexity index is 372. The van der Waals surface area contributed by atoms with Crippen LogP contribution in [0.2, 0.25) is 0 Å². The average Bonchev–Trinajstić information content (AvgIpc) is 2.48. The zero-order valence-corrected chi connectivity index (χ0v) is 13.8. The molecule has 0 spiro atoms. The van der Waals surface area contributed by atoms with Crippen molar-refractivity contribution in [1.29, 1.82) is 0 Å². The fraction of sp³-hybridized carbons (Fsp3) is 0.875. The molecule has 2 rings (SSSR count). The van der Waals surface area contributed by atoms with Crippen molar-refractivity contribution in [2.24, 2.45) is 11.7 Å². The molecule has 4 nitrogen and oxygen atoms in total. The summed E-state index contributed by atoms with van der Waals surface area (Å²) in [5.41, 5.74) is 5.49. The lowest BCUT2D eigenvalue weighted by molar-refractivity contribution is -0.126. The fourth-order valence-corrected chi connectivity index (χ4v) is 3.76. The molecule has 1 amide bonds. The lowest BCUT2D eigenvalue weighted by Crippen LogP contribution is -2.58. The van der Waals surface area contributed by atoms with Gasteiger partial charge in [-0.3, -0.25) is 4.79 Å². The molecule has 2 fully saturated rings. The molecule has 3 N–H and O–H groups in total. The van der Waals surface area contributed by atoms with Crippen LogP contribution in [0.1, 0.15) is 64.7 Å². The largest absolute Gasteiger partial charge is 0.391 e. The lowest BCUT2D eigenvalue weighted by atomic mass is 9.75. The van der Waals surface area contributed by atoms with Gasteiger partial charge < -0.3 is 15.8 Å². The maximum Gasteiger partial charge on any atom is 0.223 e. The highest BCUT2D eigenvalue weighted by molar-refractivity contribution is 7.80. The summed E-state index contributed by atoms with van der Waals surface area (Å²) in [6.07, 6.45) is 8.85. The summed E-state index contributed by atoms with van der Waals surface area (Å²) >= 11 is 5.26.